The maximum atomic E-state index is 12.6. The molecule has 13 heteroatoms. The second-order valence-electron chi connectivity index (χ2n) is 8.75. The predicted octanol–water partition coefficient (Wildman–Crippen LogP) is 3.52. The van der Waals surface area contributed by atoms with Crippen LogP contribution in [0.5, 0.6) is 0 Å². The van der Waals surface area contributed by atoms with E-state index in [1.54, 1.807) is 28.9 Å². The first kappa shape index (κ1) is 24.9. The van der Waals surface area contributed by atoms with Gasteiger partial charge in [-0.2, -0.15) is 5.10 Å². The molecule has 0 bridgehead atoms. The molecule has 1 aliphatic rings. The highest BCUT2D eigenvalue weighted by molar-refractivity contribution is 7.89. The van der Waals surface area contributed by atoms with E-state index in [0.717, 1.165) is 17.5 Å². The topological polar surface area (TPSA) is 156 Å². The maximum absolute atomic E-state index is 12.6. The molecule has 1 atom stereocenters. The van der Waals surface area contributed by atoms with E-state index in [4.69, 9.17) is 22.4 Å². The van der Waals surface area contributed by atoms with Crippen LogP contribution in [0.2, 0.25) is 5.02 Å². The molecule has 0 spiro atoms. The van der Waals surface area contributed by atoms with Gasteiger partial charge in [-0.05, 0) is 36.6 Å². The fraction of sp³-hybridized carbons (Fsp3) is 0.250. The van der Waals surface area contributed by atoms with Gasteiger partial charge in [-0.1, -0.05) is 41.9 Å². The van der Waals surface area contributed by atoms with Crippen LogP contribution < -0.4 is 10.5 Å². The molecular formula is C24H24ClN7O4S. The number of likely N-dealkylation sites (tertiary alicyclic amines) is 1. The lowest BCUT2D eigenvalue weighted by molar-refractivity contribution is 0.120. The number of nitrogens with two attached hydrogens (primary N) is 1. The van der Waals surface area contributed by atoms with Gasteiger partial charge < -0.3 is 15.7 Å². The largest absolute Gasteiger partial charge is 0.465 e. The molecule has 37 heavy (non-hydrogen) atoms. The van der Waals surface area contributed by atoms with Gasteiger partial charge in [0, 0.05) is 30.2 Å². The Bertz CT molecular complexity index is 1570. The minimum Gasteiger partial charge on any atom is -0.465 e. The first-order valence-electron chi connectivity index (χ1n) is 11.5. The second-order valence-corrected chi connectivity index (χ2v) is 11.0. The molecule has 1 saturated heterocycles. The van der Waals surface area contributed by atoms with E-state index in [1.807, 2.05) is 12.1 Å². The van der Waals surface area contributed by atoms with Crippen molar-refractivity contribution < 1.29 is 18.3 Å². The summed E-state index contributed by atoms with van der Waals surface area (Å²) in [4.78, 5) is 21.5. The summed E-state index contributed by atoms with van der Waals surface area (Å²) in [6.45, 7) is 0.876. The zero-order valence-electron chi connectivity index (χ0n) is 19.6. The first-order valence-corrected chi connectivity index (χ1v) is 13.4. The Morgan fingerprint density at radius 2 is 1.97 bits per heavy atom. The van der Waals surface area contributed by atoms with E-state index in [2.05, 4.69) is 14.7 Å². The Balaban J connectivity index is 1.41. The van der Waals surface area contributed by atoms with Crippen LogP contribution in [0.15, 0.2) is 59.8 Å². The van der Waals surface area contributed by atoms with Crippen molar-refractivity contribution >= 4 is 44.6 Å². The number of hydrogen-bond donors (Lipinski definition) is 3. The number of sulfonamides is 1. The number of fused-ring (bicyclic) bond motifs is 1. The number of anilines is 1. The molecule has 0 aliphatic carbocycles. The van der Waals surface area contributed by atoms with Crippen LogP contribution in [0.4, 0.5) is 10.6 Å². The molecule has 1 aliphatic heterocycles. The fourth-order valence-electron chi connectivity index (χ4n) is 4.46. The van der Waals surface area contributed by atoms with Gasteiger partial charge in [0.2, 0.25) is 10.0 Å². The SMILES string of the molecule is Nc1ncnc2c1c(-c1ccc(CNS(=O)(=O)c3cccc(Cl)c3)cc1)nn2[C@@H]1CCCN(C(=O)O)C1. The van der Waals surface area contributed by atoms with E-state index < -0.39 is 16.1 Å². The Labute approximate surface area is 217 Å². The van der Waals surface area contributed by atoms with Crippen LogP contribution in [0.1, 0.15) is 24.4 Å². The molecule has 1 amide bonds. The molecule has 1 fully saturated rings. The summed E-state index contributed by atoms with van der Waals surface area (Å²) in [5, 5.41) is 15.2. The summed E-state index contributed by atoms with van der Waals surface area (Å²) < 4.78 is 29.5. The highest BCUT2D eigenvalue weighted by Gasteiger charge is 2.28. The zero-order valence-corrected chi connectivity index (χ0v) is 21.2. The van der Waals surface area contributed by atoms with Gasteiger partial charge in [0.05, 0.1) is 16.3 Å². The van der Waals surface area contributed by atoms with Crippen molar-refractivity contribution in [3.05, 3.63) is 65.4 Å². The van der Waals surface area contributed by atoms with Crippen molar-refractivity contribution in [3.8, 4) is 11.3 Å². The molecular weight excluding hydrogens is 518 g/mol. The van der Waals surface area contributed by atoms with Gasteiger partial charge in [0.15, 0.2) is 5.65 Å². The minimum atomic E-state index is -3.73. The van der Waals surface area contributed by atoms with Gasteiger partial charge in [0.1, 0.15) is 17.8 Å². The molecule has 5 rings (SSSR count). The van der Waals surface area contributed by atoms with Gasteiger partial charge in [-0.15, -0.1) is 0 Å². The lowest BCUT2D eigenvalue weighted by Gasteiger charge is -2.30. The van der Waals surface area contributed by atoms with Crippen LogP contribution in [0, 0.1) is 0 Å². The number of nitrogens with zero attached hydrogens (tertiary/aromatic N) is 5. The van der Waals surface area contributed by atoms with E-state index in [1.165, 1.54) is 23.4 Å². The Morgan fingerprint density at radius 1 is 1.19 bits per heavy atom. The lowest BCUT2D eigenvalue weighted by Crippen LogP contribution is -2.40. The quantitative estimate of drug-likeness (QED) is 0.334. The zero-order chi connectivity index (χ0) is 26.2. The van der Waals surface area contributed by atoms with Crippen molar-refractivity contribution in [1.82, 2.24) is 29.4 Å². The molecule has 192 valence electrons. The van der Waals surface area contributed by atoms with Crippen LogP contribution >= 0.6 is 11.6 Å². The smallest absolute Gasteiger partial charge is 0.407 e. The highest BCUT2D eigenvalue weighted by Crippen LogP contribution is 2.33. The van der Waals surface area contributed by atoms with Crippen molar-refractivity contribution in [1.29, 1.82) is 0 Å². The lowest BCUT2D eigenvalue weighted by atomic mass is 10.1. The molecule has 0 saturated carbocycles. The van der Waals surface area contributed by atoms with Gasteiger partial charge in [-0.3, -0.25) is 0 Å². The summed E-state index contributed by atoms with van der Waals surface area (Å²) in [7, 11) is -3.73. The summed E-state index contributed by atoms with van der Waals surface area (Å²) in [6.07, 6.45) is 1.88. The minimum absolute atomic E-state index is 0.0860. The van der Waals surface area contributed by atoms with Gasteiger partial charge in [-0.25, -0.2) is 32.6 Å². The normalized spacial score (nSPS) is 16.2. The average molecular weight is 542 g/mol. The third kappa shape index (κ3) is 5.08. The highest BCUT2D eigenvalue weighted by atomic mass is 35.5. The van der Waals surface area contributed by atoms with Crippen molar-refractivity contribution in [2.45, 2.75) is 30.3 Å². The molecule has 2 aromatic carbocycles. The molecule has 0 radical (unpaired) electrons. The second kappa shape index (κ2) is 9.96. The molecule has 3 heterocycles. The average Bonchev–Trinajstić information content (AvgIpc) is 3.29. The number of benzene rings is 2. The van der Waals surface area contributed by atoms with E-state index >= 15 is 0 Å². The Hall–Kier alpha value is -3.74. The third-order valence-electron chi connectivity index (χ3n) is 6.33. The molecule has 0 unspecified atom stereocenters. The van der Waals surface area contributed by atoms with Crippen LogP contribution in [0.25, 0.3) is 22.3 Å². The van der Waals surface area contributed by atoms with Crippen LogP contribution in [-0.2, 0) is 16.6 Å². The number of aromatic nitrogens is 4. The first-order chi connectivity index (χ1) is 17.7. The van der Waals surface area contributed by atoms with E-state index in [9.17, 15) is 18.3 Å². The number of rotatable bonds is 6. The standard InChI is InChI=1S/C24H24ClN7O4S/c25-17-3-1-5-19(11-17)37(35,36)29-12-15-6-8-16(9-7-15)21-20-22(26)27-14-28-23(20)32(30-21)18-4-2-10-31(13-18)24(33)34/h1,3,5-9,11,14,18,29H,2,4,10,12-13H2,(H,33,34)(H2,26,27,28)/t18-/m1/s1. The van der Waals surface area contributed by atoms with Crippen molar-refractivity contribution in [2.24, 2.45) is 0 Å². The third-order valence-corrected chi connectivity index (χ3v) is 7.97. The number of piperidine rings is 1. The number of nitrogens with one attached hydrogen (secondary N) is 1. The Kier molecular flexibility index (Phi) is 6.71. The monoisotopic (exact) mass is 541 g/mol. The molecule has 11 nitrogen and oxygen atoms in total. The fourth-order valence-corrected chi connectivity index (χ4v) is 5.77. The molecule has 4 aromatic rings. The summed E-state index contributed by atoms with van der Waals surface area (Å²) in [5.41, 5.74) is 8.81. The maximum Gasteiger partial charge on any atom is 0.407 e. The number of carboxylic acid groups (broad SMARTS) is 1. The Morgan fingerprint density at radius 3 is 2.70 bits per heavy atom. The number of carbonyl (C=O) groups is 1. The molecule has 2 aromatic heterocycles. The number of amides is 1. The predicted molar refractivity (Wildman–Crippen MR) is 139 cm³/mol. The van der Waals surface area contributed by atoms with Crippen LogP contribution in [0.3, 0.4) is 0 Å². The van der Waals surface area contributed by atoms with Crippen molar-refractivity contribution in [3.63, 3.8) is 0 Å². The van der Waals surface area contributed by atoms with E-state index in [-0.39, 0.29) is 23.3 Å². The number of halogens is 1. The summed E-state index contributed by atoms with van der Waals surface area (Å²) in [6, 6.07) is 13.1. The van der Waals surface area contributed by atoms with Gasteiger partial charge >= 0.3 is 6.09 Å². The van der Waals surface area contributed by atoms with Crippen molar-refractivity contribution in [2.75, 3.05) is 18.8 Å². The molecule has 4 N–H and O–H groups in total. The van der Waals surface area contributed by atoms with E-state index in [0.29, 0.717) is 41.3 Å². The van der Waals surface area contributed by atoms with Crippen LogP contribution in [-0.4, -0.2) is 57.4 Å². The summed E-state index contributed by atoms with van der Waals surface area (Å²) >= 11 is 5.92. The summed E-state index contributed by atoms with van der Waals surface area (Å²) in [5.74, 6) is 0.274. The van der Waals surface area contributed by atoms with Gasteiger partial charge in [0.25, 0.3) is 0 Å². The number of nitrogen functional groups attached to an aromatic ring is 1. The number of hydrogen-bond acceptors (Lipinski definition) is 7.